The van der Waals surface area contributed by atoms with Crippen molar-refractivity contribution in [3.8, 4) is 0 Å². The second-order valence-electron chi connectivity index (χ2n) is 4.95. The number of hydrogen-bond donors (Lipinski definition) is 1. The first-order chi connectivity index (χ1) is 8.32. The highest BCUT2D eigenvalue weighted by Gasteiger charge is 2.36. The van der Waals surface area contributed by atoms with Crippen molar-refractivity contribution in [2.45, 2.75) is 31.2 Å². The fraction of sp³-hybridized carbons (Fsp3) is 0.500. The molecule has 1 heterocycles. The van der Waals surface area contributed by atoms with Gasteiger partial charge in [-0.1, -0.05) is 18.5 Å². The standard InChI is InChI=1S/C12H17ClN2O2S/c1-8-5-9(2)15(7-8)18(16,17)10-3-4-12(14)11(13)6-10/h3-4,6,8-9H,5,7,14H2,1-2H3. The van der Waals surface area contributed by atoms with Crippen LogP contribution in [0.3, 0.4) is 0 Å². The summed E-state index contributed by atoms with van der Waals surface area (Å²) in [6.07, 6.45) is 0.891. The Morgan fingerprint density at radius 2 is 2.06 bits per heavy atom. The Kier molecular flexibility index (Phi) is 3.58. The van der Waals surface area contributed by atoms with Crippen molar-refractivity contribution in [3.63, 3.8) is 0 Å². The molecule has 4 nitrogen and oxygen atoms in total. The van der Waals surface area contributed by atoms with Crippen LogP contribution in [0.4, 0.5) is 5.69 Å². The fourth-order valence-electron chi connectivity index (χ4n) is 2.40. The van der Waals surface area contributed by atoms with Crippen LogP contribution in [0, 0.1) is 5.92 Å². The Hall–Kier alpha value is -0.780. The maximum atomic E-state index is 12.5. The monoisotopic (exact) mass is 288 g/mol. The minimum Gasteiger partial charge on any atom is -0.398 e. The van der Waals surface area contributed by atoms with Gasteiger partial charge in [0, 0.05) is 12.6 Å². The third-order valence-corrected chi connectivity index (χ3v) is 5.61. The van der Waals surface area contributed by atoms with E-state index in [1.807, 2.05) is 6.92 Å². The van der Waals surface area contributed by atoms with Crippen LogP contribution in [0.5, 0.6) is 0 Å². The van der Waals surface area contributed by atoms with Gasteiger partial charge in [-0.3, -0.25) is 0 Å². The second-order valence-corrected chi connectivity index (χ2v) is 7.25. The molecule has 2 atom stereocenters. The highest BCUT2D eigenvalue weighted by molar-refractivity contribution is 7.89. The van der Waals surface area contributed by atoms with Gasteiger partial charge in [0.1, 0.15) is 0 Å². The molecule has 1 aliphatic heterocycles. The van der Waals surface area contributed by atoms with E-state index in [1.54, 1.807) is 4.31 Å². The zero-order chi connectivity index (χ0) is 13.5. The van der Waals surface area contributed by atoms with Crippen LogP contribution >= 0.6 is 11.6 Å². The molecule has 0 aromatic heterocycles. The molecule has 1 aromatic rings. The van der Waals surface area contributed by atoms with Crippen molar-refractivity contribution in [2.75, 3.05) is 12.3 Å². The van der Waals surface area contributed by atoms with Gasteiger partial charge in [-0.15, -0.1) is 0 Å². The number of halogens is 1. The van der Waals surface area contributed by atoms with Gasteiger partial charge in [0.05, 0.1) is 15.6 Å². The number of anilines is 1. The summed E-state index contributed by atoms with van der Waals surface area (Å²) < 4.78 is 26.5. The van der Waals surface area contributed by atoms with Crippen LogP contribution in [0.2, 0.25) is 5.02 Å². The normalized spacial score (nSPS) is 25.5. The highest BCUT2D eigenvalue weighted by Crippen LogP contribution is 2.31. The summed E-state index contributed by atoms with van der Waals surface area (Å²) in [5.41, 5.74) is 5.98. The van der Waals surface area contributed by atoms with Gasteiger partial charge in [0.2, 0.25) is 10.0 Å². The highest BCUT2D eigenvalue weighted by atomic mass is 35.5. The summed E-state index contributed by atoms with van der Waals surface area (Å²) in [6.45, 7) is 4.55. The van der Waals surface area contributed by atoms with Crippen LogP contribution in [0.1, 0.15) is 20.3 Å². The zero-order valence-electron chi connectivity index (χ0n) is 10.4. The summed E-state index contributed by atoms with van der Waals surface area (Å²) in [5.74, 6) is 0.388. The third kappa shape index (κ3) is 2.35. The summed E-state index contributed by atoms with van der Waals surface area (Å²) in [5, 5.41) is 0.274. The molecule has 0 spiro atoms. The molecule has 1 aliphatic rings. The van der Waals surface area contributed by atoms with Crippen LogP contribution in [0.15, 0.2) is 23.1 Å². The molecule has 2 rings (SSSR count). The number of nitrogens with zero attached hydrogens (tertiary/aromatic N) is 1. The Morgan fingerprint density at radius 1 is 1.39 bits per heavy atom. The van der Waals surface area contributed by atoms with Gasteiger partial charge in [0.15, 0.2) is 0 Å². The molecule has 100 valence electrons. The van der Waals surface area contributed by atoms with Crippen LogP contribution in [0.25, 0.3) is 0 Å². The number of nitrogen functional groups attached to an aromatic ring is 1. The summed E-state index contributed by atoms with van der Waals surface area (Å²) in [6, 6.07) is 4.48. The number of rotatable bonds is 2. The largest absolute Gasteiger partial charge is 0.398 e. The third-order valence-electron chi connectivity index (χ3n) is 3.31. The lowest BCUT2D eigenvalue weighted by atomic mass is 10.1. The maximum absolute atomic E-state index is 12.5. The van der Waals surface area contributed by atoms with Gasteiger partial charge >= 0.3 is 0 Å². The van der Waals surface area contributed by atoms with Crippen molar-refractivity contribution in [3.05, 3.63) is 23.2 Å². The quantitative estimate of drug-likeness (QED) is 0.850. The van der Waals surface area contributed by atoms with E-state index in [1.165, 1.54) is 18.2 Å². The molecule has 1 saturated heterocycles. The Labute approximate surface area is 113 Å². The molecule has 1 fully saturated rings. The predicted molar refractivity (Wildman–Crippen MR) is 73.0 cm³/mol. The molecule has 2 unspecified atom stereocenters. The first-order valence-electron chi connectivity index (χ1n) is 5.89. The molecular formula is C12H17ClN2O2S. The van der Waals surface area contributed by atoms with Crippen molar-refractivity contribution in [1.82, 2.24) is 4.31 Å². The van der Waals surface area contributed by atoms with Gasteiger partial charge in [-0.25, -0.2) is 8.42 Å². The number of sulfonamides is 1. The van der Waals surface area contributed by atoms with E-state index in [9.17, 15) is 8.42 Å². The zero-order valence-corrected chi connectivity index (χ0v) is 12.0. The van der Waals surface area contributed by atoms with Crippen LogP contribution < -0.4 is 5.73 Å². The van der Waals surface area contributed by atoms with Gasteiger partial charge in [-0.05, 0) is 37.5 Å². The number of benzene rings is 1. The van der Waals surface area contributed by atoms with E-state index in [0.717, 1.165) is 6.42 Å². The van der Waals surface area contributed by atoms with E-state index >= 15 is 0 Å². The molecule has 0 amide bonds. The molecule has 0 saturated carbocycles. The van der Waals surface area contributed by atoms with E-state index in [-0.39, 0.29) is 16.0 Å². The van der Waals surface area contributed by atoms with Crippen molar-refractivity contribution >= 4 is 27.3 Å². The fourth-order valence-corrected chi connectivity index (χ4v) is 4.43. The Morgan fingerprint density at radius 3 is 2.56 bits per heavy atom. The first kappa shape index (κ1) is 13.6. The number of nitrogens with two attached hydrogens (primary N) is 1. The molecule has 0 aliphatic carbocycles. The minimum atomic E-state index is -3.47. The summed E-state index contributed by atoms with van der Waals surface area (Å²) in [7, 11) is -3.47. The van der Waals surface area contributed by atoms with Gasteiger partial charge in [0.25, 0.3) is 0 Å². The lowest BCUT2D eigenvalue weighted by Gasteiger charge is -2.21. The van der Waals surface area contributed by atoms with E-state index < -0.39 is 10.0 Å². The topological polar surface area (TPSA) is 63.4 Å². The molecule has 0 radical (unpaired) electrons. The molecular weight excluding hydrogens is 272 g/mol. The molecule has 18 heavy (non-hydrogen) atoms. The molecule has 0 bridgehead atoms. The van der Waals surface area contributed by atoms with E-state index in [0.29, 0.717) is 18.2 Å². The summed E-state index contributed by atoms with van der Waals surface area (Å²) in [4.78, 5) is 0.211. The molecule has 2 N–H and O–H groups in total. The van der Waals surface area contributed by atoms with E-state index in [4.69, 9.17) is 17.3 Å². The lowest BCUT2D eigenvalue weighted by molar-refractivity contribution is 0.405. The van der Waals surface area contributed by atoms with Gasteiger partial charge in [-0.2, -0.15) is 4.31 Å². The minimum absolute atomic E-state index is 0.0290. The van der Waals surface area contributed by atoms with Crippen LogP contribution in [-0.4, -0.2) is 25.3 Å². The average Bonchev–Trinajstić information content (AvgIpc) is 2.62. The maximum Gasteiger partial charge on any atom is 0.243 e. The Bertz CT molecular complexity index is 559. The smallest absolute Gasteiger partial charge is 0.243 e. The number of hydrogen-bond acceptors (Lipinski definition) is 3. The average molecular weight is 289 g/mol. The van der Waals surface area contributed by atoms with Crippen molar-refractivity contribution in [1.29, 1.82) is 0 Å². The van der Waals surface area contributed by atoms with E-state index in [2.05, 4.69) is 6.92 Å². The SMILES string of the molecule is CC1CC(C)N(S(=O)(=O)c2ccc(N)c(Cl)c2)C1. The second kappa shape index (κ2) is 4.72. The lowest BCUT2D eigenvalue weighted by Crippen LogP contribution is -2.34. The van der Waals surface area contributed by atoms with Crippen molar-refractivity contribution in [2.24, 2.45) is 5.92 Å². The van der Waals surface area contributed by atoms with Crippen LogP contribution in [-0.2, 0) is 10.0 Å². The Balaban J connectivity index is 2.39. The molecule has 6 heteroatoms. The van der Waals surface area contributed by atoms with Crippen molar-refractivity contribution < 1.29 is 8.42 Å². The molecule has 1 aromatic carbocycles. The first-order valence-corrected chi connectivity index (χ1v) is 7.71. The summed E-state index contributed by atoms with van der Waals surface area (Å²) >= 11 is 5.88. The van der Waals surface area contributed by atoms with Gasteiger partial charge < -0.3 is 5.73 Å². The predicted octanol–water partition coefficient (Wildman–Crippen LogP) is 2.34.